The summed E-state index contributed by atoms with van der Waals surface area (Å²) in [6.07, 6.45) is 0. The Morgan fingerprint density at radius 1 is 1.20 bits per heavy atom. The number of carboxylic acid groups (broad SMARTS) is 1. The van der Waals surface area contributed by atoms with Crippen LogP contribution >= 0.6 is 0 Å². The van der Waals surface area contributed by atoms with Crippen molar-refractivity contribution in [3.63, 3.8) is 0 Å². The largest absolute Gasteiger partial charge is 0.478 e. The summed E-state index contributed by atoms with van der Waals surface area (Å²) in [5.74, 6) is -1.89. The quantitative estimate of drug-likeness (QED) is 0.839. The van der Waals surface area contributed by atoms with Gasteiger partial charge in [-0.2, -0.15) is 0 Å². The average molecular weight is 345 g/mol. The van der Waals surface area contributed by atoms with Gasteiger partial charge in [0, 0.05) is 12.8 Å². The van der Waals surface area contributed by atoms with Crippen LogP contribution < -0.4 is 5.32 Å². The van der Waals surface area contributed by atoms with E-state index in [9.17, 15) is 19.1 Å². The van der Waals surface area contributed by atoms with E-state index in [0.717, 1.165) is 0 Å². The highest BCUT2D eigenvalue weighted by atomic mass is 19.1. The predicted octanol–water partition coefficient (Wildman–Crippen LogP) is 3.59. The predicted molar refractivity (Wildman–Crippen MR) is 92.2 cm³/mol. The van der Waals surface area contributed by atoms with Crippen molar-refractivity contribution in [1.29, 1.82) is 0 Å². The Bertz CT molecular complexity index is 802. The summed E-state index contributed by atoms with van der Waals surface area (Å²) in [5, 5.41) is 11.9. The van der Waals surface area contributed by atoms with Crippen LogP contribution in [0.15, 0.2) is 42.5 Å². The van der Waals surface area contributed by atoms with E-state index in [1.165, 1.54) is 31.4 Å². The zero-order chi connectivity index (χ0) is 18.6. The molecule has 5 nitrogen and oxygen atoms in total. The lowest BCUT2D eigenvalue weighted by molar-refractivity contribution is -0.120. The summed E-state index contributed by atoms with van der Waals surface area (Å²) >= 11 is 0. The van der Waals surface area contributed by atoms with E-state index in [1.807, 2.05) is 0 Å². The fourth-order valence-electron chi connectivity index (χ4n) is 2.43. The maximum Gasteiger partial charge on any atom is 0.335 e. The van der Waals surface area contributed by atoms with Gasteiger partial charge in [0.05, 0.1) is 17.6 Å². The average Bonchev–Trinajstić information content (AvgIpc) is 2.54. The molecule has 6 heteroatoms. The molecule has 0 bridgehead atoms. The molecule has 0 radical (unpaired) electrons. The lowest BCUT2D eigenvalue weighted by atomic mass is 9.83. The lowest BCUT2D eigenvalue weighted by Gasteiger charge is -2.24. The number of carboxylic acids is 1. The highest BCUT2D eigenvalue weighted by Crippen LogP contribution is 2.26. The van der Waals surface area contributed by atoms with Gasteiger partial charge in [-0.15, -0.1) is 0 Å². The first kappa shape index (κ1) is 18.6. The number of carbonyl (C=O) groups is 2. The van der Waals surface area contributed by atoms with Crippen molar-refractivity contribution in [3.8, 4) is 0 Å². The third-order valence-electron chi connectivity index (χ3n) is 3.92. The van der Waals surface area contributed by atoms with E-state index < -0.39 is 17.2 Å². The minimum atomic E-state index is -1.10. The molecule has 0 spiro atoms. The van der Waals surface area contributed by atoms with E-state index >= 15 is 0 Å². The number of rotatable bonds is 6. The molecule has 0 heterocycles. The Labute approximate surface area is 145 Å². The molecule has 0 saturated heterocycles. The Kier molecular flexibility index (Phi) is 5.54. The molecule has 0 atom stereocenters. The van der Waals surface area contributed by atoms with Gasteiger partial charge in [-0.25, -0.2) is 9.18 Å². The number of ether oxygens (including phenoxy) is 1. The van der Waals surface area contributed by atoms with E-state index in [4.69, 9.17) is 4.74 Å². The second-order valence-corrected chi connectivity index (χ2v) is 6.25. The minimum Gasteiger partial charge on any atom is -0.478 e. The summed E-state index contributed by atoms with van der Waals surface area (Å²) < 4.78 is 18.5. The topological polar surface area (TPSA) is 75.6 Å². The molecule has 2 aromatic carbocycles. The van der Waals surface area contributed by atoms with Crippen LogP contribution in [-0.2, 0) is 21.6 Å². The number of amides is 1. The highest BCUT2D eigenvalue weighted by Gasteiger charge is 2.30. The van der Waals surface area contributed by atoms with Crippen molar-refractivity contribution < 1.29 is 23.8 Å². The Hall–Kier alpha value is -2.73. The van der Waals surface area contributed by atoms with Gasteiger partial charge in [-0.3, -0.25) is 4.79 Å². The van der Waals surface area contributed by atoms with Gasteiger partial charge < -0.3 is 15.2 Å². The van der Waals surface area contributed by atoms with Gasteiger partial charge in [0.1, 0.15) is 5.82 Å². The minimum absolute atomic E-state index is 0.0495. The molecule has 1 amide bonds. The van der Waals surface area contributed by atoms with Gasteiger partial charge in [-0.05, 0) is 55.3 Å². The number of halogens is 1. The first-order chi connectivity index (χ1) is 11.7. The molecular formula is C19H20FNO4. The summed E-state index contributed by atoms with van der Waals surface area (Å²) in [6.45, 7) is 3.57. The van der Waals surface area contributed by atoms with Crippen LogP contribution in [0.3, 0.4) is 0 Å². The van der Waals surface area contributed by atoms with Crippen LogP contribution in [0.25, 0.3) is 0 Å². The zero-order valence-electron chi connectivity index (χ0n) is 14.3. The Balaban J connectivity index is 2.31. The van der Waals surface area contributed by atoms with Crippen LogP contribution in [-0.4, -0.2) is 24.1 Å². The van der Waals surface area contributed by atoms with Gasteiger partial charge in [-0.1, -0.05) is 12.1 Å². The van der Waals surface area contributed by atoms with Gasteiger partial charge in [0.25, 0.3) is 0 Å². The molecule has 0 aliphatic heterocycles. The maximum absolute atomic E-state index is 13.5. The van der Waals surface area contributed by atoms with Gasteiger partial charge in [0.2, 0.25) is 5.91 Å². The zero-order valence-corrected chi connectivity index (χ0v) is 14.3. The number of hydrogen-bond acceptors (Lipinski definition) is 3. The molecule has 2 rings (SSSR count). The molecule has 0 fully saturated rings. The van der Waals surface area contributed by atoms with E-state index in [1.54, 1.807) is 32.0 Å². The standard InChI is InChI=1S/C19H20FNO4/c1-19(2,14-5-4-6-15(20)10-14)18(24)21-16-8-12(11-25-3)7-13(9-16)17(22)23/h4-10H,11H2,1-3H3,(H,21,24)(H,22,23). The number of nitrogens with one attached hydrogen (secondary N) is 1. The maximum atomic E-state index is 13.5. The van der Waals surface area contributed by atoms with E-state index in [2.05, 4.69) is 5.32 Å². The summed E-state index contributed by atoms with van der Waals surface area (Å²) in [7, 11) is 1.50. The molecule has 0 aliphatic carbocycles. The van der Waals surface area contributed by atoms with Crippen molar-refractivity contribution in [1.82, 2.24) is 0 Å². The fraction of sp³-hybridized carbons (Fsp3) is 0.263. The number of carbonyl (C=O) groups excluding carboxylic acids is 1. The fourth-order valence-corrected chi connectivity index (χ4v) is 2.43. The van der Waals surface area contributed by atoms with Crippen molar-refractivity contribution >= 4 is 17.6 Å². The van der Waals surface area contributed by atoms with Gasteiger partial charge >= 0.3 is 5.97 Å². The lowest BCUT2D eigenvalue weighted by Crippen LogP contribution is -2.34. The number of methoxy groups -OCH3 is 1. The summed E-state index contributed by atoms with van der Waals surface area (Å²) in [6, 6.07) is 10.3. The number of hydrogen-bond donors (Lipinski definition) is 2. The second kappa shape index (κ2) is 7.44. The van der Waals surface area contributed by atoms with Crippen molar-refractivity contribution in [2.75, 3.05) is 12.4 Å². The Morgan fingerprint density at radius 2 is 1.92 bits per heavy atom. The van der Waals surface area contributed by atoms with Crippen molar-refractivity contribution in [3.05, 3.63) is 65.0 Å². The van der Waals surface area contributed by atoms with Gasteiger partial charge in [0.15, 0.2) is 0 Å². The molecule has 132 valence electrons. The van der Waals surface area contributed by atoms with Crippen LogP contribution in [0.4, 0.5) is 10.1 Å². The first-order valence-corrected chi connectivity index (χ1v) is 7.67. The van der Waals surface area contributed by atoms with Crippen LogP contribution in [0.1, 0.15) is 35.3 Å². The normalized spacial score (nSPS) is 11.2. The molecule has 2 N–H and O–H groups in total. The van der Waals surface area contributed by atoms with Crippen LogP contribution in [0.2, 0.25) is 0 Å². The number of anilines is 1. The van der Waals surface area contributed by atoms with Crippen LogP contribution in [0.5, 0.6) is 0 Å². The SMILES string of the molecule is COCc1cc(NC(=O)C(C)(C)c2cccc(F)c2)cc(C(=O)O)c1. The summed E-state index contributed by atoms with van der Waals surface area (Å²) in [4.78, 5) is 23.9. The van der Waals surface area contributed by atoms with Crippen molar-refractivity contribution in [2.24, 2.45) is 0 Å². The number of aromatic carboxylic acids is 1. The summed E-state index contributed by atoms with van der Waals surface area (Å²) in [5.41, 5.74) is 0.551. The van der Waals surface area contributed by atoms with Crippen LogP contribution in [0, 0.1) is 5.82 Å². The first-order valence-electron chi connectivity index (χ1n) is 7.67. The Morgan fingerprint density at radius 3 is 2.52 bits per heavy atom. The smallest absolute Gasteiger partial charge is 0.335 e. The third kappa shape index (κ3) is 4.42. The van der Waals surface area contributed by atoms with E-state index in [0.29, 0.717) is 16.8 Å². The third-order valence-corrected chi connectivity index (χ3v) is 3.92. The van der Waals surface area contributed by atoms with Crippen molar-refractivity contribution in [2.45, 2.75) is 25.9 Å². The number of benzene rings is 2. The van der Waals surface area contributed by atoms with E-state index in [-0.39, 0.29) is 18.1 Å². The molecule has 25 heavy (non-hydrogen) atoms. The molecular weight excluding hydrogens is 325 g/mol. The second-order valence-electron chi connectivity index (χ2n) is 6.25. The monoisotopic (exact) mass is 345 g/mol. The highest BCUT2D eigenvalue weighted by molar-refractivity contribution is 5.99. The molecule has 2 aromatic rings. The molecule has 0 unspecified atom stereocenters. The molecule has 0 aliphatic rings. The molecule has 0 aromatic heterocycles. The molecule has 0 saturated carbocycles.